The summed E-state index contributed by atoms with van der Waals surface area (Å²) in [5, 5.41) is 14.0. The van der Waals surface area contributed by atoms with E-state index >= 15 is 0 Å². The van der Waals surface area contributed by atoms with Crippen molar-refractivity contribution in [1.82, 2.24) is 9.55 Å². The van der Waals surface area contributed by atoms with E-state index in [1.807, 2.05) is 6.92 Å². The SMILES string of the molecule is CCNc1ccc(Cn2cnc(C)cc2=O)cc1[N+](=O)[O-]. The fourth-order valence-electron chi connectivity index (χ4n) is 2.00. The highest BCUT2D eigenvalue weighted by atomic mass is 16.6. The van der Waals surface area contributed by atoms with Gasteiger partial charge in [-0.3, -0.25) is 19.5 Å². The summed E-state index contributed by atoms with van der Waals surface area (Å²) < 4.78 is 1.42. The van der Waals surface area contributed by atoms with Gasteiger partial charge >= 0.3 is 0 Å². The Hall–Kier alpha value is -2.70. The van der Waals surface area contributed by atoms with E-state index in [9.17, 15) is 14.9 Å². The van der Waals surface area contributed by atoms with Gasteiger partial charge in [0.25, 0.3) is 11.2 Å². The molecular formula is C14H16N4O3. The van der Waals surface area contributed by atoms with Crippen molar-refractivity contribution in [2.45, 2.75) is 20.4 Å². The first kappa shape index (κ1) is 14.7. The fraction of sp³-hybridized carbons (Fsp3) is 0.286. The molecule has 0 aliphatic carbocycles. The molecule has 2 rings (SSSR count). The molecule has 0 saturated carbocycles. The van der Waals surface area contributed by atoms with Gasteiger partial charge in [-0.2, -0.15) is 0 Å². The van der Waals surface area contributed by atoms with Crippen LogP contribution in [0.1, 0.15) is 18.2 Å². The van der Waals surface area contributed by atoms with E-state index in [-0.39, 0.29) is 17.8 Å². The molecule has 1 N–H and O–H groups in total. The van der Waals surface area contributed by atoms with E-state index in [1.165, 1.54) is 23.0 Å². The van der Waals surface area contributed by atoms with Crippen molar-refractivity contribution >= 4 is 11.4 Å². The quantitative estimate of drug-likeness (QED) is 0.670. The largest absolute Gasteiger partial charge is 0.380 e. The van der Waals surface area contributed by atoms with Crippen LogP contribution in [0.2, 0.25) is 0 Å². The molecule has 0 spiro atoms. The molecule has 7 heteroatoms. The van der Waals surface area contributed by atoms with Gasteiger partial charge in [0, 0.05) is 24.4 Å². The Balaban J connectivity index is 2.34. The highest BCUT2D eigenvalue weighted by molar-refractivity contribution is 5.62. The number of anilines is 1. The lowest BCUT2D eigenvalue weighted by atomic mass is 10.1. The van der Waals surface area contributed by atoms with Crippen LogP contribution in [-0.4, -0.2) is 21.0 Å². The van der Waals surface area contributed by atoms with Gasteiger partial charge in [0.2, 0.25) is 0 Å². The third-order valence-corrected chi connectivity index (χ3v) is 3.00. The smallest absolute Gasteiger partial charge is 0.292 e. The second-order valence-electron chi connectivity index (χ2n) is 4.64. The van der Waals surface area contributed by atoms with Crippen molar-refractivity contribution in [1.29, 1.82) is 0 Å². The van der Waals surface area contributed by atoms with Gasteiger partial charge in [-0.05, 0) is 25.5 Å². The average molecular weight is 288 g/mol. The van der Waals surface area contributed by atoms with Crippen LogP contribution in [-0.2, 0) is 6.54 Å². The Morgan fingerprint density at radius 1 is 1.38 bits per heavy atom. The van der Waals surface area contributed by atoms with Gasteiger partial charge in [-0.25, -0.2) is 4.98 Å². The third kappa shape index (κ3) is 3.44. The lowest BCUT2D eigenvalue weighted by molar-refractivity contribution is -0.384. The molecule has 1 aromatic heterocycles. The van der Waals surface area contributed by atoms with Gasteiger partial charge in [-0.1, -0.05) is 6.07 Å². The maximum Gasteiger partial charge on any atom is 0.292 e. The molecule has 110 valence electrons. The predicted octanol–water partition coefficient (Wildman–Crippen LogP) is 1.94. The number of hydrogen-bond acceptors (Lipinski definition) is 5. The molecule has 0 amide bonds. The zero-order chi connectivity index (χ0) is 15.4. The molecule has 0 aliphatic rings. The van der Waals surface area contributed by atoms with Crippen molar-refractivity contribution in [3.05, 3.63) is 62.3 Å². The molecule has 0 radical (unpaired) electrons. The summed E-state index contributed by atoms with van der Waals surface area (Å²) in [6.45, 7) is 4.46. The summed E-state index contributed by atoms with van der Waals surface area (Å²) in [5.41, 5.74) is 1.62. The molecule has 0 aliphatic heterocycles. The number of aromatic nitrogens is 2. The second-order valence-corrected chi connectivity index (χ2v) is 4.64. The zero-order valence-electron chi connectivity index (χ0n) is 11.9. The molecule has 2 aromatic rings. The Morgan fingerprint density at radius 3 is 2.76 bits per heavy atom. The molecular weight excluding hydrogens is 272 g/mol. The molecule has 0 bridgehead atoms. The first-order valence-corrected chi connectivity index (χ1v) is 6.55. The summed E-state index contributed by atoms with van der Waals surface area (Å²) in [7, 11) is 0. The molecule has 7 nitrogen and oxygen atoms in total. The van der Waals surface area contributed by atoms with Gasteiger partial charge in [0.1, 0.15) is 5.69 Å². The van der Waals surface area contributed by atoms with Crippen LogP contribution >= 0.6 is 0 Å². The van der Waals surface area contributed by atoms with Crippen LogP contribution in [0, 0.1) is 17.0 Å². The number of hydrogen-bond donors (Lipinski definition) is 1. The van der Waals surface area contributed by atoms with Gasteiger partial charge < -0.3 is 5.32 Å². The summed E-state index contributed by atoms with van der Waals surface area (Å²) in [5.74, 6) is 0. The number of benzene rings is 1. The highest BCUT2D eigenvalue weighted by Crippen LogP contribution is 2.25. The molecule has 1 heterocycles. The van der Waals surface area contributed by atoms with Gasteiger partial charge in [0.05, 0.1) is 17.8 Å². The summed E-state index contributed by atoms with van der Waals surface area (Å²) in [4.78, 5) is 26.5. The van der Waals surface area contributed by atoms with Crippen LogP contribution in [0.5, 0.6) is 0 Å². The topological polar surface area (TPSA) is 90.1 Å². The first-order valence-electron chi connectivity index (χ1n) is 6.55. The van der Waals surface area contributed by atoms with E-state index in [0.717, 1.165) is 0 Å². The third-order valence-electron chi connectivity index (χ3n) is 3.00. The van der Waals surface area contributed by atoms with Crippen molar-refractivity contribution in [2.75, 3.05) is 11.9 Å². The predicted molar refractivity (Wildman–Crippen MR) is 79.6 cm³/mol. The van der Waals surface area contributed by atoms with E-state index in [0.29, 0.717) is 23.5 Å². The van der Waals surface area contributed by atoms with E-state index < -0.39 is 4.92 Å². The molecule has 21 heavy (non-hydrogen) atoms. The Kier molecular flexibility index (Phi) is 4.32. The lowest BCUT2D eigenvalue weighted by Crippen LogP contribution is -2.20. The normalized spacial score (nSPS) is 10.4. The van der Waals surface area contributed by atoms with Crippen LogP contribution in [0.15, 0.2) is 35.4 Å². The monoisotopic (exact) mass is 288 g/mol. The van der Waals surface area contributed by atoms with E-state index in [2.05, 4.69) is 10.3 Å². The minimum atomic E-state index is -0.433. The minimum Gasteiger partial charge on any atom is -0.380 e. The van der Waals surface area contributed by atoms with Crippen molar-refractivity contribution < 1.29 is 4.92 Å². The number of nitrogens with zero attached hydrogens (tertiary/aromatic N) is 3. The average Bonchev–Trinajstić information content (AvgIpc) is 2.43. The fourth-order valence-corrected chi connectivity index (χ4v) is 2.00. The van der Waals surface area contributed by atoms with Crippen LogP contribution in [0.3, 0.4) is 0 Å². The Morgan fingerprint density at radius 2 is 2.14 bits per heavy atom. The Labute approximate surface area is 121 Å². The van der Waals surface area contributed by atoms with Crippen LogP contribution in [0.4, 0.5) is 11.4 Å². The lowest BCUT2D eigenvalue weighted by Gasteiger charge is -2.08. The maximum absolute atomic E-state index is 11.8. The summed E-state index contributed by atoms with van der Waals surface area (Å²) >= 11 is 0. The number of nitro groups is 1. The molecule has 1 aromatic carbocycles. The van der Waals surface area contributed by atoms with Gasteiger partial charge in [-0.15, -0.1) is 0 Å². The molecule has 0 unspecified atom stereocenters. The number of rotatable bonds is 5. The van der Waals surface area contributed by atoms with Crippen molar-refractivity contribution in [2.24, 2.45) is 0 Å². The van der Waals surface area contributed by atoms with Crippen molar-refractivity contribution in [3.8, 4) is 0 Å². The minimum absolute atomic E-state index is 0.00229. The molecule has 0 fully saturated rings. The number of aryl methyl sites for hydroxylation is 1. The second kappa shape index (κ2) is 6.17. The van der Waals surface area contributed by atoms with E-state index in [4.69, 9.17) is 0 Å². The number of nitro benzene ring substituents is 1. The van der Waals surface area contributed by atoms with E-state index in [1.54, 1.807) is 19.1 Å². The molecule has 0 atom stereocenters. The molecule has 0 saturated heterocycles. The zero-order valence-corrected chi connectivity index (χ0v) is 11.9. The first-order chi connectivity index (χ1) is 10.0. The Bertz CT molecular complexity index is 724. The van der Waals surface area contributed by atoms with Crippen LogP contribution < -0.4 is 10.9 Å². The summed E-state index contributed by atoms with van der Waals surface area (Å²) in [6.07, 6.45) is 1.45. The van der Waals surface area contributed by atoms with Crippen LogP contribution in [0.25, 0.3) is 0 Å². The standard InChI is InChI=1S/C14H16N4O3/c1-3-15-12-5-4-11(7-13(12)18(20)21)8-17-9-16-10(2)6-14(17)19/h4-7,9,15H,3,8H2,1-2H3. The van der Waals surface area contributed by atoms with Crippen molar-refractivity contribution in [3.63, 3.8) is 0 Å². The number of nitrogens with one attached hydrogen (secondary N) is 1. The van der Waals surface area contributed by atoms with Gasteiger partial charge in [0.15, 0.2) is 0 Å². The summed E-state index contributed by atoms with van der Waals surface area (Å²) in [6, 6.07) is 6.33. The highest BCUT2D eigenvalue weighted by Gasteiger charge is 2.14. The maximum atomic E-state index is 11.8.